The number of carbonyl (C=O) groups excluding carboxylic acids is 1. The highest BCUT2D eigenvalue weighted by molar-refractivity contribution is 5.97. The Labute approximate surface area is 141 Å². The number of nitrogens with zero attached hydrogens (tertiary/aromatic N) is 2. The largest absolute Gasteiger partial charge is 0.501 e. The van der Waals surface area contributed by atoms with Crippen molar-refractivity contribution in [2.45, 2.75) is 6.54 Å². The number of aromatic nitrogens is 2. The molecule has 7 heteroatoms. The fourth-order valence-electron chi connectivity index (χ4n) is 2.60. The maximum Gasteiger partial charge on any atom is 0.330 e. The van der Waals surface area contributed by atoms with Crippen molar-refractivity contribution in [2.24, 2.45) is 0 Å². The van der Waals surface area contributed by atoms with Gasteiger partial charge in [0.1, 0.15) is 0 Å². The van der Waals surface area contributed by atoms with Crippen LogP contribution in [0.15, 0.2) is 63.9 Å². The second kappa shape index (κ2) is 5.79. The second-order valence-electron chi connectivity index (χ2n) is 5.49. The van der Waals surface area contributed by atoms with Gasteiger partial charge in [-0.05, 0) is 17.7 Å². The molecule has 4 aromatic rings. The Bertz CT molecular complexity index is 1150. The van der Waals surface area contributed by atoms with E-state index in [1.54, 1.807) is 24.3 Å². The minimum atomic E-state index is -0.828. The first-order chi connectivity index (χ1) is 12.1. The van der Waals surface area contributed by atoms with Gasteiger partial charge in [0, 0.05) is 6.54 Å². The van der Waals surface area contributed by atoms with E-state index in [-0.39, 0.29) is 17.9 Å². The molecule has 1 amide bonds. The summed E-state index contributed by atoms with van der Waals surface area (Å²) in [6.45, 7) is 0.256. The monoisotopic (exact) mass is 335 g/mol. The number of nitrogens with one attached hydrogen (secondary N) is 1. The average molecular weight is 335 g/mol. The van der Waals surface area contributed by atoms with Crippen LogP contribution >= 0.6 is 0 Å². The SMILES string of the molecule is O=C(NCc1ccccc1)c1nc2c3ccccc3on2c(=O)c1O. The van der Waals surface area contributed by atoms with Gasteiger partial charge in [-0.25, -0.2) is 4.98 Å². The number of amides is 1. The quantitative estimate of drug-likeness (QED) is 0.597. The molecule has 0 bridgehead atoms. The van der Waals surface area contributed by atoms with Gasteiger partial charge in [0.25, 0.3) is 5.91 Å². The lowest BCUT2D eigenvalue weighted by Crippen LogP contribution is -2.27. The van der Waals surface area contributed by atoms with Gasteiger partial charge in [-0.2, -0.15) is 0 Å². The third kappa shape index (κ3) is 2.51. The molecule has 25 heavy (non-hydrogen) atoms. The third-order valence-electron chi connectivity index (χ3n) is 3.85. The lowest BCUT2D eigenvalue weighted by molar-refractivity contribution is 0.0942. The molecule has 0 fully saturated rings. The Morgan fingerprint density at radius 2 is 1.84 bits per heavy atom. The molecule has 0 atom stereocenters. The molecule has 2 aromatic carbocycles. The van der Waals surface area contributed by atoms with Gasteiger partial charge in [0.2, 0.25) is 5.75 Å². The summed E-state index contributed by atoms with van der Waals surface area (Å²) < 4.78 is 6.26. The molecule has 7 nitrogen and oxygen atoms in total. The van der Waals surface area contributed by atoms with Crippen LogP contribution in [0.2, 0.25) is 0 Å². The topological polar surface area (TPSA) is 96.8 Å². The number of rotatable bonds is 3. The Kier molecular flexibility index (Phi) is 3.46. The molecule has 0 spiro atoms. The molecule has 124 valence electrons. The first-order valence-corrected chi connectivity index (χ1v) is 7.61. The Balaban J connectivity index is 1.76. The van der Waals surface area contributed by atoms with Crippen LogP contribution in [0.25, 0.3) is 16.6 Å². The maximum atomic E-state index is 12.4. The number of hydrogen-bond acceptors (Lipinski definition) is 5. The van der Waals surface area contributed by atoms with Crippen molar-refractivity contribution in [2.75, 3.05) is 0 Å². The predicted octanol–water partition coefficient (Wildman–Crippen LogP) is 2.08. The molecule has 0 saturated carbocycles. The molecular formula is C18H13N3O4. The normalized spacial score (nSPS) is 11.0. The summed E-state index contributed by atoms with van der Waals surface area (Å²) >= 11 is 0. The van der Waals surface area contributed by atoms with E-state index in [0.717, 1.165) is 10.1 Å². The van der Waals surface area contributed by atoms with Crippen LogP contribution in [-0.4, -0.2) is 20.6 Å². The summed E-state index contributed by atoms with van der Waals surface area (Å²) in [6.07, 6.45) is 0. The Hall–Kier alpha value is -3.61. The third-order valence-corrected chi connectivity index (χ3v) is 3.85. The summed E-state index contributed by atoms with van der Waals surface area (Å²) in [4.78, 5) is 28.8. The van der Waals surface area contributed by atoms with Gasteiger partial charge in [-0.1, -0.05) is 42.5 Å². The molecule has 2 N–H and O–H groups in total. The van der Waals surface area contributed by atoms with Crippen LogP contribution in [0, 0.1) is 0 Å². The van der Waals surface area contributed by atoms with E-state index in [2.05, 4.69) is 10.3 Å². The summed E-state index contributed by atoms with van der Waals surface area (Å²) in [5.41, 5.74) is 0.358. The van der Waals surface area contributed by atoms with E-state index in [1.165, 1.54) is 0 Å². The van der Waals surface area contributed by atoms with E-state index in [1.807, 2.05) is 30.3 Å². The number of para-hydroxylation sites is 1. The minimum absolute atomic E-state index is 0.184. The van der Waals surface area contributed by atoms with E-state index < -0.39 is 17.2 Å². The lowest BCUT2D eigenvalue weighted by atomic mass is 10.2. The van der Waals surface area contributed by atoms with Crippen molar-refractivity contribution in [1.29, 1.82) is 0 Å². The number of fused-ring (bicyclic) bond motifs is 3. The molecule has 2 heterocycles. The number of carbonyl (C=O) groups is 1. The Morgan fingerprint density at radius 3 is 2.64 bits per heavy atom. The molecule has 0 aliphatic carbocycles. The zero-order chi connectivity index (χ0) is 17.4. The van der Waals surface area contributed by atoms with Crippen molar-refractivity contribution >= 4 is 22.5 Å². The van der Waals surface area contributed by atoms with Crippen LogP contribution in [0.5, 0.6) is 5.75 Å². The molecule has 0 saturated heterocycles. The summed E-state index contributed by atoms with van der Waals surface area (Å²) in [5.74, 6) is -1.38. The fourth-order valence-corrected chi connectivity index (χ4v) is 2.60. The van der Waals surface area contributed by atoms with Crippen molar-refractivity contribution in [3.05, 3.63) is 76.2 Å². The molecule has 2 aromatic heterocycles. The van der Waals surface area contributed by atoms with E-state index in [0.29, 0.717) is 11.0 Å². The zero-order valence-electron chi connectivity index (χ0n) is 13.0. The smallest absolute Gasteiger partial charge is 0.330 e. The highest BCUT2D eigenvalue weighted by Crippen LogP contribution is 2.21. The highest BCUT2D eigenvalue weighted by atomic mass is 16.5. The molecule has 0 radical (unpaired) electrons. The lowest BCUT2D eigenvalue weighted by Gasteiger charge is -2.06. The predicted molar refractivity (Wildman–Crippen MR) is 90.5 cm³/mol. The van der Waals surface area contributed by atoms with Crippen LogP contribution in [0.4, 0.5) is 0 Å². The summed E-state index contributed by atoms with van der Waals surface area (Å²) in [7, 11) is 0. The van der Waals surface area contributed by atoms with Gasteiger partial charge in [-0.15, -0.1) is 4.57 Å². The van der Waals surface area contributed by atoms with Gasteiger partial charge in [0.05, 0.1) is 5.39 Å². The summed E-state index contributed by atoms with van der Waals surface area (Å²) in [6, 6.07) is 16.2. The molecule has 0 aliphatic rings. The number of benzene rings is 2. The van der Waals surface area contributed by atoms with E-state index >= 15 is 0 Å². The van der Waals surface area contributed by atoms with Crippen molar-refractivity contribution < 1.29 is 14.4 Å². The maximum absolute atomic E-state index is 12.4. The van der Waals surface area contributed by atoms with Crippen molar-refractivity contribution in [1.82, 2.24) is 14.9 Å². The molecule has 0 aliphatic heterocycles. The fraction of sp³-hybridized carbons (Fsp3) is 0.0556. The van der Waals surface area contributed by atoms with Gasteiger partial charge in [0.15, 0.2) is 16.9 Å². The second-order valence-corrected chi connectivity index (χ2v) is 5.49. The average Bonchev–Trinajstić information content (AvgIpc) is 3.02. The number of hydrogen-bond donors (Lipinski definition) is 2. The van der Waals surface area contributed by atoms with E-state index in [9.17, 15) is 14.7 Å². The number of aromatic hydroxyl groups is 1. The first kappa shape index (κ1) is 14.9. The molecule has 4 rings (SSSR count). The van der Waals surface area contributed by atoms with Crippen molar-refractivity contribution in [3.8, 4) is 5.75 Å². The van der Waals surface area contributed by atoms with Crippen LogP contribution in [-0.2, 0) is 6.54 Å². The first-order valence-electron chi connectivity index (χ1n) is 7.61. The van der Waals surface area contributed by atoms with Gasteiger partial charge < -0.3 is 14.9 Å². The zero-order valence-corrected chi connectivity index (χ0v) is 13.0. The highest BCUT2D eigenvalue weighted by Gasteiger charge is 2.21. The van der Waals surface area contributed by atoms with Crippen LogP contribution in [0.3, 0.4) is 0 Å². The Morgan fingerprint density at radius 1 is 1.12 bits per heavy atom. The molecular weight excluding hydrogens is 322 g/mol. The minimum Gasteiger partial charge on any atom is -0.501 e. The summed E-state index contributed by atoms with van der Waals surface area (Å²) in [5, 5.41) is 13.3. The van der Waals surface area contributed by atoms with Gasteiger partial charge >= 0.3 is 5.56 Å². The van der Waals surface area contributed by atoms with Crippen LogP contribution < -0.4 is 10.9 Å². The van der Waals surface area contributed by atoms with E-state index in [4.69, 9.17) is 4.52 Å². The molecule has 0 unspecified atom stereocenters. The van der Waals surface area contributed by atoms with Gasteiger partial charge in [-0.3, -0.25) is 9.59 Å². The van der Waals surface area contributed by atoms with Crippen molar-refractivity contribution in [3.63, 3.8) is 0 Å². The van der Waals surface area contributed by atoms with Crippen LogP contribution in [0.1, 0.15) is 16.1 Å². The standard InChI is InChI=1S/C18H13N3O4/c22-15-14(17(23)19-10-11-6-2-1-3-7-11)20-16-12-8-4-5-9-13(12)25-21(16)18(15)24/h1-9,22H,10H2,(H,19,23).